The van der Waals surface area contributed by atoms with Crippen LogP contribution >= 0.6 is 0 Å². The maximum Gasteiger partial charge on any atom is 0.131 e. The van der Waals surface area contributed by atoms with E-state index in [0.29, 0.717) is 17.4 Å². The second-order valence-corrected chi connectivity index (χ2v) is 8.06. The molecule has 0 spiro atoms. The lowest BCUT2D eigenvalue weighted by Gasteiger charge is -2.41. The molecule has 26 heavy (non-hydrogen) atoms. The first-order chi connectivity index (χ1) is 12.5. The van der Waals surface area contributed by atoms with Crippen molar-refractivity contribution in [2.24, 2.45) is 11.8 Å². The summed E-state index contributed by atoms with van der Waals surface area (Å²) in [5.41, 5.74) is 2.87. The van der Waals surface area contributed by atoms with Gasteiger partial charge in [0.2, 0.25) is 0 Å². The molecule has 3 heteroatoms. The smallest absolute Gasteiger partial charge is 0.131 e. The number of hydrogen-bond donors (Lipinski definition) is 0. The molecule has 1 saturated carbocycles. The summed E-state index contributed by atoms with van der Waals surface area (Å²) in [6.45, 7) is 2.24. The number of aryl methyl sites for hydroxylation is 1. The molecule has 1 fully saturated rings. The highest BCUT2D eigenvalue weighted by molar-refractivity contribution is 5.66. The first-order valence-electron chi connectivity index (χ1n) is 9.84. The SMILES string of the molecule is CCC[C@@H]1CC[C@@H]2c3cc(F)c(-c4cc(F)cc(F)c4)cc3CC[C@@H]2C1. The number of benzene rings is 2. The molecular formula is C23H25F3. The van der Waals surface area contributed by atoms with Gasteiger partial charge in [-0.3, -0.25) is 0 Å². The van der Waals surface area contributed by atoms with E-state index in [2.05, 4.69) is 6.92 Å². The van der Waals surface area contributed by atoms with Crippen LogP contribution in [0.15, 0.2) is 30.3 Å². The molecule has 2 aromatic rings. The molecule has 0 heterocycles. The monoisotopic (exact) mass is 358 g/mol. The van der Waals surface area contributed by atoms with Gasteiger partial charge in [-0.15, -0.1) is 0 Å². The summed E-state index contributed by atoms with van der Waals surface area (Å²) in [6.07, 6.45) is 8.23. The van der Waals surface area contributed by atoms with E-state index in [0.717, 1.165) is 42.4 Å². The molecule has 138 valence electrons. The molecule has 0 saturated heterocycles. The summed E-state index contributed by atoms with van der Waals surface area (Å²) >= 11 is 0. The lowest BCUT2D eigenvalue weighted by Crippen LogP contribution is -2.28. The molecule has 0 N–H and O–H groups in total. The molecule has 2 aliphatic carbocycles. The Morgan fingerprint density at radius 3 is 2.42 bits per heavy atom. The minimum Gasteiger partial charge on any atom is -0.207 e. The zero-order chi connectivity index (χ0) is 18.3. The average Bonchev–Trinajstić information content (AvgIpc) is 2.60. The van der Waals surface area contributed by atoms with E-state index >= 15 is 0 Å². The van der Waals surface area contributed by atoms with Crippen molar-refractivity contribution in [1.82, 2.24) is 0 Å². The first-order valence-corrected chi connectivity index (χ1v) is 9.84. The molecular weight excluding hydrogens is 333 g/mol. The van der Waals surface area contributed by atoms with Crippen molar-refractivity contribution in [3.05, 3.63) is 58.9 Å². The third-order valence-corrected chi connectivity index (χ3v) is 6.37. The third-order valence-electron chi connectivity index (χ3n) is 6.37. The van der Waals surface area contributed by atoms with Gasteiger partial charge in [-0.1, -0.05) is 19.8 Å². The molecule has 2 aromatic carbocycles. The number of hydrogen-bond acceptors (Lipinski definition) is 0. The summed E-state index contributed by atoms with van der Waals surface area (Å²) in [7, 11) is 0. The molecule has 0 aromatic heterocycles. The number of rotatable bonds is 3. The van der Waals surface area contributed by atoms with E-state index < -0.39 is 11.6 Å². The molecule has 2 aliphatic rings. The van der Waals surface area contributed by atoms with Crippen LogP contribution in [0.2, 0.25) is 0 Å². The van der Waals surface area contributed by atoms with Crippen LogP contribution in [-0.4, -0.2) is 0 Å². The normalized spacial score (nSPS) is 24.8. The highest BCUT2D eigenvalue weighted by Crippen LogP contribution is 2.48. The van der Waals surface area contributed by atoms with Crippen LogP contribution in [0.25, 0.3) is 11.1 Å². The van der Waals surface area contributed by atoms with Crippen molar-refractivity contribution in [2.45, 2.75) is 57.8 Å². The number of halogens is 3. The third kappa shape index (κ3) is 3.28. The molecule has 0 aliphatic heterocycles. The van der Waals surface area contributed by atoms with Crippen molar-refractivity contribution in [3.8, 4) is 11.1 Å². The molecule has 0 nitrogen and oxygen atoms in total. The molecule has 4 rings (SSSR count). The Balaban J connectivity index is 1.67. The Labute approximate surface area is 153 Å². The summed E-state index contributed by atoms with van der Waals surface area (Å²) in [5, 5.41) is 0. The Morgan fingerprint density at radius 1 is 0.923 bits per heavy atom. The molecule has 0 bridgehead atoms. The van der Waals surface area contributed by atoms with E-state index in [4.69, 9.17) is 0 Å². The molecule has 3 atom stereocenters. The highest BCUT2D eigenvalue weighted by Gasteiger charge is 2.35. The van der Waals surface area contributed by atoms with Crippen molar-refractivity contribution >= 4 is 0 Å². The fraction of sp³-hybridized carbons (Fsp3) is 0.478. The predicted molar refractivity (Wildman–Crippen MR) is 98.6 cm³/mol. The van der Waals surface area contributed by atoms with Gasteiger partial charge < -0.3 is 0 Å². The van der Waals surface area contributed by atoms with Gasteiger partial charge in [0.15, 0.2) is 0 Å². The summed E-state index contributed by atoms with van der Waals surface area (Å²) in [4.78, 5) is 0. The van der Waals surface area contributed by atoms with Gasteiger partial charge in [0.05, 0.1) is 0 Å². The van der Waals surface area contributed by atoms with Crippen LogP contribution < -0.4 is 0 Å². The van der Waals surface area contributed by atoms with Crippen LogP contribution in [0.4, 0.5) is 13.2 Å². The van der Waals surface area contributed by atoms with Gasteiger partial charge in [-0.2, -0.15) is 0 Å². The van der Waals surface area contributed by atoms with Crippen molar-refractivity contribution in [3.63, 3.8) is 0 Å². The van der Waals surface area contributed by atoms with Gasteiger partial charge in [0, 0.05) is 11.6 Å². The summed E-state index contributed by atoms with van der Waals surface area (Å²) in [5.74, 6) is 0.203. The lowest BCUT2D eigenvalue weighted by atomic mass is 9.64. The van der Waals surface area contributed by atoms with Crippen LogP contribution in [0.5, 0.6) is 0 Å². The van der Waals surface area contributed by atoms with Gasteiger partial charge in [0.1, 0.15) is 17.5 Å². The molecule has 0 unspecified atom stereocenters. The molecule has 0 amide bonds. The van der Waals surface area contributed by atoms with Crippen molar-refractivity contribution in [2.75, 3.05) is 0 Å². The fourth-order valence-electron chi connectivity index (χ4n) is 5.23. The largest absolute Gasteiger partial charge is 0.207 e. The van der Waals surface area contributed by atoms with Crippen LogP contribution in [0, 0.1) is 29.3 Å². The average molecular weight is 358 g/mol. The van der Waals surface area contributed by atoms with Crippen LogP contribution in [0.3, 0.4) is 0 Å². The van der Waals surface area contributed by atoms with E-state index in [1.54, 1.807) is 6.07 Å². The Morgan fingerprint density at radius 2 is 1.69 bits per heavy atom. The standard InChI is InChI=1S/C23H25F3/c1-2-3-14-4-7-20-15(8-14)5-6-16-11-22(23(26)13-21(16)20)17-9-18(24)12-19(25)10-17/h9-15,20H,2-8H2,1H3/t14-,15-,20+/m1/s1. The second-order valence-electron chi connectivity index (χ2n) is 8.06. The zero-order valence-corrected chi connectivity index (χ0v) is 15.2. The topological polar surface area (TPSA) is 0 Å². The zero-order valence-electron chi connectivity index (χ0n) is 15.2. The summed E-state index contributed by atoms with van der Waals surface area (Å²) < 4.78 is 41.9. The van der Waals surface area contributed by atoms with Gasteiger partial charge in [-0.25, -0.2) is 13.2 Å². The quantitative estimate of drug-likeness (QED) is 0.553. The maximum absolute atomic E-state index is 14.8. The minimum atomic E-state index is -0.675. The maximum atomic E-state index is 14.8. The Hall–Kier alpha value is -1.77. The highest BCUT2D eigenvalue weighted by atomic mass is 19.1. The van der Waals surface area contributed by atoms with E-state index in [1.807, 2.05) is 6.07 Å². The van der Waals surface area contributed by atoms with Crippen molar-refractivity contribution < 1.29 is 13.2 Å². The first kappa shape index (κ1) is 17.6. The van der Waals surface area contributed by atoms with E-state index in [-0.39, 0.29) is 11.4 Å². The van der Waals surface area contributed by atoms with Gasteiger partial charge >= 0.3 is 0 Å². The fourth-order valence-corrected chi connectivity index (χ4v) is 5.23. The van der Waals surface area contributed by atoms with Gasteiger partial charge in [0.25, 0.3) is 0 Å². The van der Waals surface area contributed by atoms with Gasteiger partial charge in [-0.05, 0) is 90.8 Å². The summed E-state index contributed by atoms with van der Waals surface area (Å²) in [6, 6.07) is 6.70. The van der Waals surface area contributed by atoms with E-state index in [1.165, 1.54) is 37.8 Å². The number of fused-ring (bicyclic) bond motifs is 3. The van der Waals surface area contributed by atoms with Crippen LogP contribution in [-0.2, 0) is 6.42 Å². The molecule has 0 radical (unpaired) electrons. The second kappa shape index (κ2) is 7.09. The lowest BCUT2D eigenvalue weighted by molar-refractivity contribution is 0.201. The van der Waals surface area contributed by atoms with Crippen molar-refractivity contribution in [1.29, 1.82) is 0 Å². The minimum absolute atomic E-state index is 0.275. The Kier molecular flexibility index (Phi) is 4.81. The van der Waals surface area contributed by atoms with E-state index in [9.17, 15) is 13.2 Å². The predicted octanol–water partition coefficient (Wildman–Crippen LogP) is 7.02. The Bertz CT molecular complexity index is 791. The van der Waals surface area contributed by atoms with Crippen LogP contribution in [0.1, 0.15) is 62.5 Å².